The topological polar surface area (TPSA) is 135 Å². The van der Waals surface area contributed by atoms with Crippen LogP contribution in [0, 0.1) is 17.0 Å². The smallest absolute Gasteiger partial charge is 0.320 e. The van der Waals surface area contributed by atoms with Crippen molar-refractivity contribution in [1.29, 1.82) is 0 Å². The van der Waals surface area contributed by atoms with Crippen LogP contribution in [0.2, 0.25) is 0 Å². The SMILES string of the molecule is Cc1cccnc1NC(=O)NCCCN1C(=O)c2ccc([N+](=O)[O-])cc2C1=O. The highest BCUT2D eigenvalue weighted by atomic mass is 16.6. The van der Waals surface area contributed by atoms with Crippen LogP contribution in [0.3, 0.4) is 0 Å². The van der Waals surface area contributed by atoms with Gasteiger partial charge in [-0.05, 0) is 31.0 Å². The van der Waals surface area contributed by atoms with Crippen LogP contribution < -0.4 is 10.6 Å². The molecule has 4 amide bonds. The van der Waals surface area contributed by atoms with E-state index in [2.05, 4.69) is 15.6 Å². The number of carbonyl (C=O) groups excluding carboxylic acids is 3. The Labute approximate surface area is 159 Å². The minimum absolute atomic E-state index is 0.0236. The number of urea groups is 1. The molecule has 1 aromatic carbocycles. The second kappa shape index (κ2) is 7.82. The number of aromatic nitrogens is 1. The van der Waals surface area contributed by atoms with Crippen molar-refractivity contribution in [3.63, 3.8) is 0 Å². The number of rotatable bonds is 6. The lowest BCUT2D eigenvalue weighted by Gasteiger charge is -2.14. The first-order valence-corrected chi connectivity index (χ1v) is 8.49. The summed E-state index contributed by atoms with van der Waals surface area (Å²) in [6.07, 6.45) is 1.90. The molecule has 0 radical (unpaired) electrons. The number of nitro benzene ring substituents is 1. The van der Waals surface area contributed by atoms with Gasteiger partial charge in [0.2, 0.25) is 0 Å². The summed E-state index contributed by atoms with van der Waals surface area (Å²) in [4.78, 5) is 51.9. The maximum Gasteiger partial charge on any atom is 0.320 e. The summed E-state index contributed by atoms with van der Waals surface area (Å²) in [5.41, 5.74) is 0.741. The summed E-state index contributed by atoms with van der Waals surface area (Å²) in [6.45, 7) is 2.13. The zero-order valence-electron chi connectivity index (χ0n) is 15.0. The summed E-state index contributed by atoms with van der Waals surface area (Å²) >= 11 is 0. The maximum absolute atomic E-state index is 12.4. The molecule has 0 saturated heterocycles. The van der Waals surface area contributed by atoms with Gasteiger partial charge in [0.25, 0.3) is 17.5 Å². The van der Waals surface area contributed by atoms with Crippen LogP contribution in [0.4, 0.5) is 16.3 Å². The third-order valence-electron chi connectivity index (χ3n) is 4.25. The van der Waals surface area contributed by atoms with Gasteiger partial charge in [-0.25, -0.2) is 9.78 Å². The van der Waals surface area contributed by atoms with Gasteiger partial charge in [0.05, 0.1) is 16.1 Å². The molecule has 144 valence electrons. The van der Waals surface area contributed by atoms with Crippen molar-refractivity contribution in [1.82, 2.24) is 15.2 Å². The number of imide groups is 1. The Morgan fingerprint density at radius 3 is 2.68 bits per heavy atom. The molecule has 0 spiro atoms. The van der Waals surface area contributed by atoms with Gasteiger partial charge in [-0.2, -0.15) is 0 Å². The molecule has 1 aliphatic heterocycles. The minimum atomic E-state index is -0.619. The molecule has 0 unspecified atom stereocenters. The summed E-state index contributed by atoms with van der Waals surface area (Å²) in [7, 11) is 0. The Morgan fingerprint density at radius 2 is 1.96 bits per heavy atom. The molecule has 1 aromatic heterocycles. The van der Waals surface area contributed by atoms with Gasteiger partial charge in [-0.1, -0.05) is 6.07 Å². The Morgan fingerprint density at radius 1 is 1.21 bits per heavy atom. The number of hydrogen-bond donors (Lipinski definition) is 2. The van der Waals surface area contributed by atoms with Gasteiger partial charge in [0.1, 0.15) is 5.82 Å². The van der Waals surface area contributed by atoms with E-state index in [4.69, 9.17) is 0 Å². The Bertz CT molecular complexity index is 975. The van der Waals surface area contributed by atoms with E-state index in [1.54, 1.807) is 12.3 Å². The molecular formula is C18H17N5O5. The number of carbonyl (C=O) groups is 3. The maximum atomic E-state index is 12.4. The van der Waals surface area contributed by atoms with Crippen molar-refractivity contribution in [2.45, 2.75) is 13.3 Å². The summed E-state index contributed by atoms with van der Waals surface area (Å²) < 4.78 is 0. The van der Waals surface area contributed by atoms with Crippen LogP contribution >= 0.6 is 0 Å². The molecule has 10 nitrogen and oxygen atoms in total. The fourth-order valence-electron chi connectivity index (χ4n) is 2.80. The van der Waals surface area contributed by atoms with E-state index in [0.717, 1.165) is 16.5 Å². The predicted octanol–water partition coefficient (Wildman–Crippen LogP) is 2.11. The van der Waals surface area contributed by atoms with E-state index in [1.807, 2.05) is 13.0 Å². The first-order chi connectivity index (χ1) is 13.4. The monoisotopic (exact) mass is 383 g/mol. The summed E-state index contributed by atoms with van der Waals surface area (Å²) in [6, 6.07) is 6.72. The third kappa shape index (κ3) is 3.80. The Balaban J connectivity index is 1.52. The third-order valence-corrected chi connectivity index (χ3v) is 4.25. The molecular weight excluding hydrogens is 366 g/mol. The average molecular weight is 383 g/mol. The molecule has 2 N–H and O–H groups in total. The van der Waals surface area contributed by atoms with Crippen LogP contribution in [0.25, 0.3) is 0 Å². The van der Waals surface area contributed by atoms with Gasteiger partial charge in [0, 0.05) is 31.4 Å². The number of non-ortho nitro benzene ring substituents is 1. The summed E-state index contributed by atoms with van der Waals surface area (Å²) in [5, 5.41) is 16.1. The highest BCUT2D eigenvalue weighted by Gasteiger charge is 2.36. The molecule has 0 saturated carbocycles. The molecule has 0 bridgehead atoms. The van der Waals surface area contributed by atoms with Gasteiger partial charge >= 0.3 is 6.03 Å². The van der Waals surface area contributed by atoms with Gasteiger partial charge in [-0.3, -0.25) is 29.9 Å². The van der Waals surface area contributed by atoms with Gasteiger partial charge in [-0.15, -0.1) is 0 Å². The molecule has 2 aromatic rings. The second-order valence-electron chi connectivity index (χ2n) is 6.15. The molecule has 0 fully saturated rings. The number of hydrogen-bond acceptors (Lipinski definition) is 6. The average Bonchev–Trinajstić information content (AvgIpc) is 2.91. The highest BCUT2D eigenvalue weighted by molar-refractivity contribution is 6.21. The van der Waals surface area contributed by atoms with Crippen molar-refractivity contribution in [3.8, 4) is 0 Å². The first kappa shape index (κ1) is 19.0. The van der Waals surface area contributed by atoms with Crippen LogP contribution in [-0.2, 0) is 0 Å². The lowest BCUT2D eigenvalue weighted by atomic mass is 10.1. The van der Waals surface area contributed by atoms with E-state index in [0.29, 0.717) is 12.2 Å². The van der Waals surface area contributed by atoms with E-state index >= 15 is 0 Å². The molecule has 0 atom stereocenters. The van der Waals surface area contributed by atoms with E-state index in [9.17, 15) is 24.5 Å². The fraction of sp³-hybridized carbons (Fsp3) is 0.222. The number of nitrogens with one attached hydrogen (secondary N) is 2. The molecule has 1 aliphatic rings. The zero-order valence-corrected chi connectivity index (χ0v) is 15.0. The molecule has 3 rings (SSSR count). The van der Waals surface area contributed by atoms with Crippen LogP contribution in [0.1, 0.15) is 32.7 Å². The van der Waals surface area contributed by atoms with E-state index < -0.39 is 22.8 Å². The standard InChI is InChI=1S/C18H17N5O5/c1-11-4-2-7-19-15(11)21-18(26)20-8-3-9-22-16(24)13-6-5-12(23(27)28)10-14(13)17(22)25/h2,4-7,10H,3,8-9H2,1H3,(H2,19,20,21,26). The molecule has 2 heterocycles. The van der Waals surface area contributed by atoms with Gasteiger partial charge < -0.3 is 5.32 Å². The number of nitrogens with zero attached hydrogens (tertiary/aromatic N) is 3. The normalized spacial score (nSPS) is 12.7. The Kier molecular flexibility index (Phi) is 5.30. The van der Waals surface area contributed by atoms with E-state index in [1.165, 1.54) is 12.1 Å². The van der Waals surface area contributed by atoms with Crippen LogP contribution in [0.15, 0.2) is 36.5 Å². The number of nitro groups is 1. The van der Waals surface area contributed by atoms with Crippen molar-refractivity contribution < 1.29 is 19.3 Å². The number of fused-ring (bicyclic) bond motifs is 1. The molecule has 10 heteroatoms. The zero-order chi connectivity index (χ0) is 20.3. The van der Waals surface area contributed by atoms with Crippen molar-refractivity contribution in [2.75, 3.05) is 18.4 Å². The lowest BCUT2D eigenvalue weighted by Crippen LogP contribution is -2.35. The van der Waals surface area contributed by atoms with Crippen molar-refractivity contribution in [3.05, 3.63) is 63.3 Å². The fourth-order valence-corrected chi connectivity index (χ4v) is 2.80. The number of anilines is 1. The van der Waals surface area contributed by atoms with Crippen molar-refractivity contribution in [2.24, 2.45) is 0 Å². The number of amides is 4. The minimum Gasteiger partial charge on any atom is -0.338 e. The van der Waals surface area contributed by atoms with E-state index in [-0.39, 0.29) is 29.9 Å². The molecule has 0 aliphatic carbocycles. The molecule has 28 heavy (non-hydrogen) atoms. The number of pyridine rings is 1. The number of aryl methyl sites for hydroxylation is 1. The Hall–Kier alpha value is -3.82. The van der Waals surface area contributed by atoms with Crippen LogP contribution in [0.5, 0.6) is 0 Å². The quantitative estimate of drug-likeness (QED) is 0.339. The highest BCUT2D eigenvalue weighted by Crippen LogP contribution is 2.26. The number of benzene rings is 1. The summed E-state index contributed by atoms with van der Waals surface area (Å²) in [5.74, 6) is -0.623. The van der Waals surface area contributed by atoms with Crippen molar-refractivity contribution >= 4 is 29.4 Å². The first-order valence-electron chi connectivity index (χ1n) is 8.49. The lowest BCUT2D eigenvalue weighted by molar-refractivity contribution is -0.384. The largest absolute Gasteiger partial charge is 0.338 e. The predicted molar refractivity (Wildman–Crippen MR) is 99.1 cm³/mol. The van der Waals surface area contributed by atoms with Crippen LogP contribution in [-0.4, -0.2) is 45.7 Å². The second-order valence-corrected chi connectivity index (χ2v) is 6.15. The van der Waals surface area contributed by atoms with Gasteiger partial charge in [0.15, 0.2) is 0 Å².